The van der Waals surface area contributed by atoms with E-state index in [-0.39, 0.29) is 28.7 Å². The molecule has 8 nitrogen and oxygen atoms in total. The molecular weight excluding hydrogens is 368 g/mol. The average Bonchev–Trinajstić information content (AvgIpc) is 2.37. The molecule has 0 bridgehead atoms. The minimum atomic E-state index is -0.538. The zero-order chi connectivity index (χ0) is 15.4. The predicted molar refractivity (Wildman–Crippen MR) is 76.9 cm³/mol. The minimum Gasteiger partial charge on any atom is -0.464 e. The van der Waals surface area contributed by atoms with Crippen LogP contribution in [0.2, 0.25) is 5.28 Å². The molecule has 1 aromatic carbocycles. The SMILES string of the molecule is CCOc1nc(Cl)nc(Oc2cc(Br)cc([N+](=O)[O-])c2)n1. The first-order chi connectivity index (χ1) is 9.97. The summed E-state index contributed by atoms with van der Waals surface area (Å²) in [4.78, 5) is 21.7. The summed E-state index contributed by atoms with van der Waals surface area (Å²) in [5.41, 5.74) is -0.135. The Labute approximate surface area is 132 Å². The monoisotopic (exact) mass is 374 g/mol. The maximum Gasteiger partial charge on any atom is 0.329 e. The quantitative estimate of drug-likeness (QED) is 0.583. The highest BCUT2D eigenvalue weighted by Gasteiger charge is 2.13. The summed E-state index contributed by atoms with van der Waals surface area (Å²) in [5.74, 6) is 0.181. The summed E-state index contributed by atoms with van der Waals surface area (Å²) in [5, 5.41) is 10.7. The normalized spacial score (nSPS) is 10.2. The number of nitro groups is 1. The van der Waals surface area contributed by atoms with Crippen molar-refractivity contribution in [1.82, 2.24) is 15.0 Å². The third-order valence-corrected chi connectivity index (χ3v) is 2.74. The lowest BCUT2D eigenvalue weighted by Crippen LogP contribution is -2.01. The van der Waals surface area contributed by atoms with Gasteiger partial charge < -0.3 is 9.47 Å². The number of benzene rings is 1. The Hall–Kier alpha value is -2.00. The molecule has 2 rings (SSSR count). The van der Waals surface area contributed by atoms with Gasteiger partial charge in [0.05, 0.1) is 17.6 Å². The summed E-state index contributed by atoms with van der Waals surface area (Å²) in [6.07, 6.45) is 0. The van der Waals surface area contributed by atoms with E-state index in [0.29, 0.717) is 11.1 Å². The van der Waals surface area contributed by atoms with E-state index in [4.69, 9.17) is 21.1 Å². The van der Waals surface area contributed by atoms with Crippen LogP contribution in [0.4, 0.5) is 5.69 Å². The van der Waals surface area contributed by atoms with Crippen molar-refractivity contribution in [1.29, 1.82) is 0 Å². The molecule has 0 unspecified atom stereocenters. The molecule has 0 amide bonds. The van der Waals surface area contributed by atoms with Gasteiger partial charge in [0.2, 0.25) is 5.28 Å². The van der Waals surface area contributed by atoms with E-state index in [2.05, 4.69) is 30.9 Å². The van der Waals surface area contributed by atoms with Crippen LogP contribution >= 0.6 is 27.5 Å². The van der Waals surface area contributed by atoms with Crippen molar-refractivity contribution in [2.45, 2.75) is 6.92 Å². The van der Waals surface area contributed by atoms with Gasteiger partial charge in [-0.1, -0.05) is 15.9 Å². The van der Waals surface area contributed by atoms with E-state index >= 15 is 0 Å². The first-order valence-corrected chi connectivity index (χ1v) is 6.82. The highest BCUT2D eigenvalue weighted by Crippen LogP contribution is 2.29. The number of nitro benzene ring substituents is 1. The van der Waals surface area contributed by atoms with Gasteiger partial charge in [-0.15, -0.1) is 4.98 Å². The first-order valence-electron chi connectivity index (χ1n) is 5.65. The molecule has 0 saturated carbocycles. The van der Waals surface area contributed by atoms with Crippen LogP contribution in [0.25, 0.3) is 0 Å². The average molecular weight is 376 g/mol. The number of hydrogen-bond acceptors (Lipinski definition) is 7. The number of halogens is 2. The number of nitrogens with zero attached hydrogens (tertiary/aromatic N) is 4. The van der Waals surface area contributed by atoms with Gasteiger partial charge >= 0.3 is 12.0 Å². The van der Waals surface area contributed by atoms with Crippen LogP contribution in [-0.2, 0) is 0 Å². The molecule has 21 heavy (non-hydrogen) atoms. The van der Waals surface area contributed by atoms with Gasteiger partial charge in [-0.05, 0) is 24.6 Å². The van der Waals surface area contributed by atoms with Crippen LogP contribution in [-0.4, -0.2) is 26.5 Å². The standard InChI is InChI=1S/C11H8BrClN4O4/c1-2-20-10-14-9(13)15-11(16-10)21-8-4-6(12)3-7(5-8)17(18)19/h3-5H,2H2,1H3. The van der Waals surface area contributed by atoms with Crippen molar-refractivity contribution in [3.8, 4) is 17.8 Å². The van der Waals surface area contributed by atoms with Gasteiger partial charge in [0, 0.05) is 10.5 Å². The number of rotatable bonds is 5. The lowest BCUT2D eigenvalue weighted by Gasteiger charge is -2.06. The molecule has 0 radical (unpaired) electrons. The molecule has 0 spiro atoms. The minimum absolute atomic E-state index is 0.0111. The van der Waals surface area contributed by atoms with Crippen LogP contribution in [0.15, 0.2) is 22.7 Å². The second-order valence-electron chi connectivity index (χ2n) is 3.61. The maximum absolute atomic E-state index is 10.8. The van der Waals surface area contributed by atoms with Crippen molar-refractivity contribution in [2.75, 3.05) is 6.61 Å². The fourth-order valence-electron chi connectivity index (χ4n) is 1.37. The Morgan fingerprint density at radius 1 is 1.29 bits per heavy atom. The number of hydrogen-bond donors (Lipinski definition) is 0. The molecule has 0 atom stereocenters. The molecule has 0 aliphatic carbocycles. The Morgan fingerprint density at radius 3 is 2.67 bits per heavy atom. The van der Waals surface area contributed by atoms with Gasteiger partial charge in [0.15, 0.2) is 0 Å². The fourth-order valence-corrected chi connectivity index (χ4v) is 1.98. The topological polar surface area (TPSA) is 100 Å². The van der Waals surface area contributed by atoms with Gasteiger partial charge in [-0.25, -0.2) is 0 Å². The fraction of sp³-hybridized carbons (Fsp3) is 0.182. The Bertz CT molecular complexity index is 685. The number of ether oxygens (including phenoxy) is 2. The molecule has 0 fully saturated rings. The lowest BCUT2D eigenvalue weighted by molar-refractivity contribution is -0.385. The first kappa shape index (κ1) is 15.4. The van der Waals surface area contributed by atoms with E-state index in [0.717, 1.165) is 0 Å². The predicted octanol–water partition coefficient (Wildman–Crippen LogP) is 3.39. The maximum atomic E-state index is 10.8. The lowest BCUT2D eigenvalue weighted by atomic mass is 10.3. The van der Waals surface area contributed by atoms with Gasteiger partial charge in [-0.2, -0.15) is 9.97 Å². The molecule has 0 aliphatic heterocycles. The van der Waals surface area contributed by atoms with Crippen LogP contribution in [0.5, 0.6) is 17.8 Å². The van der Waals surface area contributed by atoms with Crippen LogP contribution in [0.3, 0.4) is 0 Å². The number of non-ortho nitro benzene ring substituents is 1. The molecule has 0 N–H and O–H groups in total. The van der Waals surface area contributed by atoms with Crippen LogP contribution < -0.4 is 9.47 Å². The van der Waals surface area contributed by atoms with E-state index in [9.17, 15) is 10.1 Å². The van der Waals surface area contributed by atoms with Gasteiger partial charge in [-0.3, -0.25) is 10.1 Å². The van der Waals surface area contributed by atoms with Crippen LogP contribution in [0, 0.1) is 10.1 Å². The van der Waals surface area contributed by atoms with Crippen molar-refractivity contribution in [3.05, 3.63) is 38.1 Å². The third-order valence-electron chi connectivity index (χ3n) is 2.12. The molecule has 1 heterocycles. The summed E-state index contributed by atoms with van der Waals surface area (Å²) in [6, 6.07) is 4.01. The molecule has 0 saturated heterocycles. The van der Waals surface area contributed by atoms with Crippen molar-refractivity contribution in [2.24, 2.45) is 0 Å². The highest BCUT2D eigenvalue weighted by atomic mass is 79.9. The van der Waals surface area contributed by atoms with E-state index < -0.39 is 4.92 Å². The molecule has 2 aromatic rings. The summed E-state index contributed by atoms with van der Waals surface area (Å²) in [7, 11) is 0. The third kappa shape index (κ3) is 4.23. The molecular formula is C11H8BrClN4O4. The molecule has 1 aromatic heterocycles. The van der Waals surface area contributed by atoms with Crippen molar-refractivity contribution in [3.63, 3.8) is 0 Å². The highest BCUT2D eigenvalue weighted by molar-refractivity contribution is 9.10. The largest absolute Gasteiger partial charge is 0.464 e. The Morgan fingerprint density at radius 2 is 2.00 bits per heavy atom. The van der Waals surface area contributed by atoms with E-state index in [1.807, 2.05) is 0 Å². The number of aromatic nitrogens is 3. The van der Waals surface area contributed by atoms with Crippen LogP contribution in [0.1, 0.15) is 6.92 Å². The Kier molecular flexibility index (Phi) is 4.86. The molecule has 10 heteroatoms. The molecule has 0 aliphatic rings. The smallest absolute Gasteiger partial charge is 0.329 e. The van der Waals surface area contributed by atoms with E-state index in [1.54, 1.807) is 6.92 Å². The second kappa shape index (κ2) is 6.64. The molecule has 110 valence electrons. The van der Waals surface area contributed by atoms with Crippen molar-refractivity contribution < 1.29 is 14.4 Å². The Balaban J connectivity index is 2.31. The van der Waals surface area contributed by atoms with Gasteiger partial charge in [0.25, 0.3) is 5.69 Å². The second-order valence-corrected chi connectivity index (χ2v) is 4.86. The van der Waals surface area contributed by atoms with E-state index in [1.165, 1.54) is 18.2 Å². The zero-order valence-corrected chi connectivity index (χ0v) is 13.0. The van der Waals surface area contributed by atoms with Crippen molar-refractivity contribution >= 4 is 33.2 Å². The van der Waals surface area contributed by atoms with Gasteiger partial charge in [0.1, 0.15) is 5.75 Å². The summed E-state index contributed by atoms with van der Waals surface area (Å²) >= 11 is 8.89. The summed E-state index contributed by atoms with van der Waals surface area (Å²) < 4.78 is 10.9. The summed E-state index contributed by atoms with van der Waals surface area (Å²) in [6.45, 7) is 2.11. The zero-order valence-electron chi connectivity index (χ0n) is 10.6.